The molecule has 9 aromatic rings. The highest BCUT2D eigenvalue weighted by Crippen LogP contribution is 2.35. The van der Waals surface area contributed by atoms with Crippen LogP contribution in [0, 0.1) is 6.92 Å². The Labute approximate surface area is 414 Å². The number of rotatable bonds is 19. The molecule has 354 valence electrons. The Hall–Kier alpha value is -7.88. The summed E-state index contributed by atoms with van der Waals surface area (Å²) in [5, 5.41) is 0. The summed E-state index contributed by atoms with van der Waals surface area (Å²) in [6.07, 6.45) is 11.2. The van der Waals surface area contributed by atoms with E-state index in [2.05, 4.69) is 43.1 Å². The van der Waals surface area contributed by atoms with E-state index < -0.39 is 0 Å². The molecule has 0 unspecified atom stereocenters. The van der Waals surface area contributed by atoms with Gasteiger partial charge in [-0.1, -0.05) is 130 Å². The zero-order chi connectivity index (χ0) is 48.9. The van der Waals surface area contributed by atoms with Gasteiger partial charge in [0.05, 0.1) is 19.4 Å². The first-order chi connectivity index (χ1) is 34.4. The van der Waals surface area contributed by atoms with E-state index in [1.807, 2.05) is 128 Å². The zero-order valence-corrected chi connectivity index (χ0v) is 40.7. The topological polar surface area (TPSA) is 109 Å². The normalized spacial score (nSPS) is 10.6. The summed E-state index contributed by atoms with van der Waals surface area (Å²) in [4.78, 5) is 38.8. The van der Waals surface area contributed by atoms with Crippen LogP contribution in [0.1, 0.15) is 89.0 Å². The number of unbranched alkanes of at least 4 members (excludes halogenated alkanes) is 4. The van der Waals surface area contributed by atoms with E-state index in [1.165, 1.54) is 46.6 Å². The molecule has 70 heavy (non-hydrogen) atoms. The molecule has 0 fully saturated rings. The first-order valence-electron chi connectivity index (χ1n) is 23.7. The molecule has 0 spiro atoms. The van der Waals surface area contributed by atoms with E-state index in [1.54, 1.807) is 41.8 Å². The summed E-state index contributed by atoms with van der Waals surface area (Å²) in [5.74, 6) is 4.70. The van der Waals surface area contributed by atoms with E-state index in [4.69, 9.17) is 18.3 Å². The lowest BCUT2D eigenvalue weighted by molar-refractivity contribution is 0.111. The van der Waals surface area contributed by atoms with E-state index in [0.29, 0.717) is 22.6 Å². The minimum atomic E-state index is 0.554. The molecule has 6 aromatic carbocycles. The van der Waals surface area contributed by atoms with E-state index in [0.717, 1.165) is 102 Å². The Morgan fingerprint density at radius 2 is 0.814 bits per heavy atom. The highest BCUT2D eigenvalue weighted by Gasteiger charge is 2.10. The van der Waals surface area contributed by atoms with Gasteiger partial charge in [0.15, 0.2) is 5.76 Å². The molecule has 0 aliphatic carbocycles. The molecule has 0 aliphatic heterocycles. The average Bonchev–Trinajstić information content (AvgIpc) is 4.24. The predicted molar refractivity (Wildman–Crippen MR) is 283 cm³/mol. The summed E-state index contributed by atoms with van der Waals surface area (Å²) >= 11 is 1.75. The second-order valence-electron chi connectivity index (χ2n) is 16.6. The minimum absolute atomic E-state index is 0.554. The maximum Gasteiger partial charge on any atom is 0.226 e. The Balaban J connectivity index is 0.000000156. The largest absolute Gasteiger partial charge is 0.494 e. The fraction of sp³-hybridized carbons (Fsp3) is 0.180. The lowest BCUT2D eigenvalue weighted by Gasteiger charge is -2.06. The highest BCUT2D eigenvalue weighted by atomic mass is 32.1. The average molecular weight is 948 g/mol. The van der Waals surface area contributed by atoms with Crippen LogP contribution in [0.2, 0.25) is 0 Å². The van der Waals surface area contributed by atoms with Gasteiger partial charge in [0.2, 0.25) is 5.89 Å². The predicted octanol–water partition coefficient (Wildman–Crippen LogP) is 16.6. The number of carbonyl (C=O) groups excluding carboxylic acids is 3. The van der Waals surface area contributed by atoms with Crippen LogP contribution in [0.4, 0.5) is 0 Å². The minimum Gasteiger partial charge on any atom is -0.494 e. The molecular formula is C61H57NO7S. The fourth-order valence-electron chi connectivity index (χ4n) is 7.23. The third kappa shape index (κ3) is 14.3. The van der Waals surface area contributed by atoms with Crippen molar-refractivity contribution in [3.05, 3.63) is 198 Å². The van der Waals surface area contributed by atoms with Crippen LogP contribution in [-0.2, 0) is 0 Å². The van der Waals surface area contributed by atoms with Crippen molar-refractivity contribution >= 4 is 30.2 Å². The van der Waals surface area contributed by atoms with Crippen molar-refractivity contribution in [2.45, 2.75) is 59.3 Å². The SMILES string of the molecule is CCCCCOc1ccc(-c2ccc(-c3ccc(C=O)cc3)o2)cc1.CCCCCOc1ccc(-c2ccc(-c3ccc(C=O)cc3)s2)cc1.Cc1ccc(-c2cnc(-c3ccc(C=O)cc3)o2)cc1. The number of hydrogen-bond acceptors (Lipinski definition) is 9. The molecule has 0 saturated heterocycles. The van der Waals surface area contributed by atoms with E-state index in [-0.39, 0.29) is 0 Å². The van der Waals surface area contributed by atoms with Crippen LogP contribution < -0.4 is 9.47 Å². The molecule has 0 amide bonds. The van der Waals surface area contributed by atoms with Gasteiger partial charge in [-0.3, -0.25) is 14.4 Å². The second-order valence-corrected chi connectivity index (χ2v) is 17.7. The Morgan fingerprint density at radius 1 is 0.429 bits per heavy atom. The molecule has 0 bridgehead atoms. The smallest absolute Gasteiger partial charge is 0.226 e. The van der Waals surface area contributed by atoms with Crippen molar-refractivity contribution in [1.82, 2.24) is 4.98 Å². The maximum absolute atomic E-state index is 10.8. The quantitative estimate of drug-likeness (QED) is 0.0582. The van der Waals surface area contributed by atoms with Crippen molar-refractivity contribution in [2.75, 3.05) is 13.2 Å². The summed E-state index contributed by atoms with van der Waals surface area (Å²) in [6.45, 7) is 7.97. The number of benzene rings is 6. The number of nitrogens with zero attached hydrogens (tertiary/aromatic N) is 1. The van der Waals surface area contributed by atoms with Gasteiger partial charge in [-0.05, 0) is 116 Å². The molecular weight excluding hydrogens is 891 g/mol. The van der Waals surface area contributed by atoms with E-state index >= 15 is 0 Å². The summed E-state index contributed by atoms with van der Waals surface area (Å²) in [6, 6.07) is 54.7. The Morgan fingerprint density at radius 3 is 1.26 bits per heavy atom. The molecule has 0 N–H and O–H groups in total. The van der Waals surface area contributed by atoms with Gasteiger partial charge in [0.1, 0.15) is 41.9 Å². The van der Waals surface area contributed by atoms with Gasteiger partial charge in [-0.15, -0.1) is 11.3 Å². The number of ether oxygens (including phenoxy) is 2. The third-order valence-corrected chi connectivity index (χ3v) is 12.5. The third-order valence-electron chi connectivity index (χ3n) is 11.3. The van der Waals surface area contributed by atoms with Gasteiger partial charge in [0.25, 0.3) is 0 Å². The standard InChI is InChI=1S/C22H22O3.C22H22O2S.C17H13NO2/c2*1-2-3-4-15-24-20-11-9-19(10-12-20)22-14-13-21(25-22)18-7-5-17(16-23)6-8-18;1-12-2-6-14(7-3-12)16-10-18-17(20-16)15-8-4-13(11-19)5-9-15/h2*5-14,16H,2-4,15H2,1H3;2-11H,1H3. The number of oxazole rings is 1. The van der Waals surface area contributed by atoms with Crippen molar-refractivity contribution in [1.29, 1.82) is 0 Å². The summed E-state index contributed by atoms with van der Waals surface area (Å²) in [7, 11) is 0. The molecule has 3 heterocycles. The van der Waals surface area contributed by atoms with Crippen LogP contribution in [0.25, 0.3) is 66.3 Å². The van der Waals surface area contributed by atoms with Crippen LogP contribution >= 0.6 is 11.3 Å². The van der Waals surface area contributed by atoms with Gasteiger partial charge in [0, 0.05) is 48.7 Å². The van der Waals surface area contributed by atoms with Gasteiger partial charge in [-0.2, -0.15) is 0 Å². The number of aromatic nitrogens is 1. The van der Waals surface area contributed by atoms with Gasteiger partial charge >= 0.3 is 0 Å². The Bertz CT molecular complexity index is 2840. The molecule has 0 aliphatic rings. The lowest BCUT2D eigenvalue weighted by atomic mass is 10.1. The first-order valence-corrected chi connectivity index (χ1v) is 24.5. The molecule has 0 radical (unpaired) electrons. The molecule has 0 saturated carbocycles. The first kappa shape index (κ1) is 50.0. The van der Waals surface area contributed by atoms with Crippen LogP contribution in [-0.4, -0.2) is 37.1 Å². The Kier molecular flexibility index (Phi) is 18.6. The summed E-state index contributed by atoms with van der Waals surface area (Å²) in [5.41, 5.74) is 9.36. The van der Waals surface area contributed by atoms with Crippen molar-refractivity contribution in [2.24, 2.45) is 0 Å². The van der Waals surface area contributed by atoms with Crippen molar-refractivity contribution < 1.29 is 32.7 Å². The zero-order valence-electron chi connectivity index (χ0n) is 39.8. The highest BCUT2D eigenvalue weighted by molar-refractivity contribution is 7.18. The summed E-state index contributed by atoms with van der Waals surface area (Å²) < 4.78 is 23.2. The van der Waals surface area contributed by atoms with Crippen LogP contribution in [0.15, 0.2) is 185 Å². The molecule has 3 aromatic heterocycles. The van der Waals surface area contributed by atoms with Crippen molar-refractivity contribution in [3.63, 3.8) is 0 Å². The number of hydrogen-bond donors (Lipinski definition) is 0. The maximum atomic E-state index is 10.8. The van der Waals surface area contributed by atoms with Gasteiger partial charge < -0.3 is 18.3 Å². The molecule has 8 nitrogen and oxygen atoms in total. The number of thiophene rings is 1. The number of aryl methyl sites for hydroxylation is 1. The number of aldehydes is 3. The van der Waals surface area contributed by atoms with E-state index in [9.17, 15) is 14.4 Å². The number of furan rings is 1. The fourth-order valence-corrected chi connectivity index (χ4v) is 8.24. The molecule has 0 atom stereocenters. The second kappa shape index (κ2) is 26.0. The lowest BCUT2D eigenvalue weighted by Crippen LogP contribution is -1.96. The van der Waals surface area contributed by atoms with Crippen LogP contribution in [0.5, 0.6) is 11.5 Å². The van der Waals surface area contributed by atoms with Crippen LogP contribution in [0.3, 0.4) is 0 Å². The monoisotopic (exact) mass is 947 g/mol. The van der Waals surface area contributed by atoms with Gasteiger partial charge in [-0.25, -0.2) is 4.98 Å². The molecule has 9 heteroatoms. The van der Waals surface area contributed by atoms with Crippen molar-refractivity contribution in [3.8, 4) is 77.8 Å². The number of carbonyl (C=O) groups is 3. The molecule has 9 rings (SSSR count).